The van der Waals surface area contributed by atoms with E-state index in [1.54, 1.807) is 10.7 Å². The van der Waals surface area contributed by atoms with Gasteiger partial charge < -0.3 is 5.11 Å². The second-order valence-electron chi connectivity index (χ2n) is 3.93. The van der Waals surface area contributed by atoms with Crippen LogP contribution in [0.1, 0.15) is 28.7 Å². The number of benzene rings is 1. The molecule has 4 nitrogen and oxygen atoms in total. The van der Waals surface area contributed by atoms with Gasteiger partial charge in [0.1, 0.15) is 0 Å². The van der Waals surface area contributed by atoms with Crippen molar-refractivity contribution < 1.29 is 9.90 Å². The molecule has 0 fully saturated rings. The summed E-state index contributed by atoms with van der Waals surface area (Å²) in [5.74, 6) is -0.995. The molecule has 0 atom stereocenters. The van der Waals surface area contributed by atoms with E-state index in [0.717, 1.165) is 23.4 Å². The van der Waals surface area contributed by atoms with Crippen molar-refractivity contribution in [2.45, 2.75) is 20.3 Å². The quantitative estimate of drug-likeness (QED) is 0.881. The van der Waals surface area contributed by atoms with Crippen LogP contribution in [-0.2, 0) is 6.42 Å². The third-order valence-electron chi connectivity index (χ3n) is 2.64. The second kappa shape index (κ2) is 4.41. The summed E-state index contributed by atoms with van der Waals surface area (Å²) in [5, 5.41) is 13.0. The minimum absolute atomic E-state index is 0.0856. The molecule has 1 aromatic heterocycles. The van der Waals surface area contributed by atoms with Crippen molar-refractivity contribution in [3.63, 3.8) is 0 Å². The monoisotopic (exact) mass is 230 g/mol. The van der Waals surface area contributed by atoms with E-state index >= 15 is 0 Å². The van der Waals surface area contributed by atoms with Crippen LogP contribution in [0.25, 0.3) is 5.69 Å². The van der Waals surface area contributed by atoms with Crippen LogP contribution >= 0.6 is 0 Å². The molecule has 1 N–H and O–H groups in total. The van der Waals surface area contributed by atoms with Gasteiger partial charge in [-0.1, -0.05) is 24.6 Å². The van der Waals surface area contributed by atoms with Crippen LogP contribution in [0.5, 0.6) is 0 Å². The van der Waals surface area contributed by atoms with Gasteiger partial charge in [0.05, 0.1) is 5.69 Å². The molecule has 0 radical (unpaired) electrons. The van der Waals surface area contributed by atoms with E-state index in [1.807, 2.05) is 38.1 Å². The molecule has 0 amide bonds. The van der Waals surface area contributed by atoms with Gasteiger partial charge in [0.25, 0.3) is 0 Å². The van der Waals surface area contributed by atoms with E-state index in [2.05, 4.69) is 5.10 Å². The Labute approximate surface area is 99.5 Å². The van der Waals surface area contributed by atoms with E-state index in [1.165, 1.54) is 0 Å². The van der Waals surface area contributed by atoms with Gasteiger partial charge in [-0.15, -0.1) is 0 Å². The van der Waals surface area contributed by atoms with Gasteiger partial charge in [0, 0.05) is 5.69 Å². The number of carboxylic acid groups (broad SMARTS) is 1. The summed E-state index contributed by atoms with van der Waals surface area (Å²) in [4.78, 5) is 10.9. The molecule has 0 aliphatic carbocycles. The third kappa shape index (κ3) is 2.20. The van der Waals surface area contributed by atoms with Crippen LogP contribution in [0, 0.1) is 6.92 Å². The minimum atomic E-state index is -0.995. The molecule has 0 saturated heterocycles. The second-order valence-corrected chi connectivity index (χ2v) is 3.93. The van der Waals surface area contributed by atoms with Gasteiger partial charge in [-0.2, -0.15) is 5.10 Å². The van der Waals surface area contributed by atoms with Crippen molar-refractivity contribution in [3.05, 3.63) is 47.3 Å². The Morgan fingerprint density at radius 3 is 2.53 bits per heavy atom. The first-order valence-corrected chi connectivity index (χ1v) is 5.51. The minimum Gasteiger partial charge on any atom is -0.476 e. The van der Waals surface area contributed by atoms with Gasteiger partial charge in [0.2, 0.25) is 0 Å². The predicted molar refractivity (Wildman–Crippen MR) is 64.6 cm³/mol. The van der Waals surface area contributed by atoms with Crippen molar-refractivity contribution in [2.75, 3.05) is 0 Å². The molecular formula is C13H14N2O2. The predicted octanol–water partition coefficient (Wildman–Crippen LogP) is 2.44. The number of aryl methyl sites for hydroxylation is 2. The standard InChI is InChI=1S/C13H14N2O2/c1-3-10-8-12(13(16)17)14-15(10)11-6-4-9(2)5-7-11/h4-8H,3H2,1-2H3,(H,16,17). The van der Waals surface area contributed by atoms with Crippen LogP contribution in [-0.4, -0.2) is 20.9 Å². The lowest BCUT2D eigenvalue weighted by molar-refractivity contribution is 0.0690. The number of nitrogens with zero attached hydrogens (tertiary/aromatic N) is 2. The zero-order valence-corrected chi connectivity index (χ0v) is 9.84. The molecule has 0 unspecified atom stereocenters. The lowest BCUT2D eigenvalue weighted by Gasteiger charge is -2.05. The number of aromatic nitrogens is 2. The summed E-state index contributed by atoms with van der Waals surface area (Å²) in [6, 6.07) is 9.45. The molecule has 17 heavy (non-hydrogen) atoms. The van der Waals surface area contributed by atoms with Gasteiger partial charge in [-0.05, 0) is 31.5 Å². The van der Waals surface area contributed by atoms with Crippen molar-refractivity contribution >= 4 is 5.97 Å². The average Bonchev–Trinajstić information content (AvgIpc) is 2.74. The first kappa shape index (κ1) is 11.4. The Bertz CT molecular complexity index is 541. The molecule has 0 bridgehead atoms. The fourth-order valence-electron chi connectivity index (χ4n) is 1.69. The van der Waals surface area contributed by atoms with Crippen molar-refractivity contribution in [1.29, 1.82) is 0 Å². The number of rotatable bonds is 3. The molecule has 0 saturated carbocycles. The number of aromatic carboxylic acids is 1. The van der Waals surface area contributed by atoms with Gasteiger partial charge in [-0.25, -0.2) is 9.48 Å². The molecular weight excluding hydrogens is 216 g/mol. The molecule has 0 aliphatic heterocycles. The van der Waals surface area contributed by atoms with E-state index < -0.39 is 5.97 Å². The van der Waals surface area contributed by atoms with Crippen LogP contribution in [0.3, 0.4) is 0 Å². The van der Waals surface area contributed by atoms with Gasteiger partial charge in [-0.3, -0.25) is 0 Å². The third-order valence-corrected chi connectivity index (χ3v) is 2.64. The summed E-state index contributed by atoms with van der Waals surface area (Å²) in [7, 11) is 0. The maximum absolute atomic E-state index is 10.9. The fourth-order valence-corrected chi connectivity index (χ4v) is 1.69. The topological polar surface area (TPSA) is 55.1 Å². The highest BCUT2D eigenvalue weighted by Gasteiger charge is 2.12. The molecule has 88 valence electrons. The number of hydrogen-bond acceptors (Lipinski definition) is 2. The van der Waals surface area contributed by atoms with Crippen LogP contribution in [0.15, 0.2) is 30.3 Å². The van der Waals surface area contributed by atoms with E-state index in [0.29, 0.717) is 0 Å². The normalized spacial score (nSPS) is 10.5. The van der Waals surface area contributed by atoms with E-state index in [-0.39, 0.29) is 5.69 Å². The molecule has 1 heterocycles. The number of hydrogen-bond donors (Lipinski definition) is 1. The lowest BCUT2D eigenvalue weighted by atomic mass is 10.2. The highest BCUT2D eigenvalue weighted by Crippen LogP contribution is 2.14. The summed E-state index contributed by atoms with van der Waals surface area (Å²) in [5.41, 5.74) is 3.03. The molecule has 2 rings (SSSR count). The van der Waals surface area contributed by atoms with Gasteiger partial charge >= 0.3 is 5.97 Å². The maximum Gasteiger partial charge on any atom is 0.356 e. The summed E-state index contributed by atoms with van der Waals surface area (Å²) < 4.78 is 1.68. The molecule has 2 aromatic rings. The SMILES string of the molecule is CCc1cc(C(=O)O)nn1-c1ccc(C)cc1. The Kier molecular flexibility index (Phi) is 2.95. The van der Waals surface area contributed by atoms with Crippen molar-refractivity contribution in [2.24, 2.45) is 0 Å². The first-order chi connectivity index (χ1) is 8.11. The average molecular weight is 230 g/mol. The Morgan fingerprint density at radius 2 is 2.00 bits per heavy atom. The van der Waals surface area contributed by atoms with E-state index in [9.17, 15) is 4.79 Å². The Balaban J connectivity index is 2.50. The summed E-state index contributed by atoms with van der Waals surface area (Å²) in [6.45, 7) is 3.99. The van der Waals surface area contributed by atoms with Crippen molar-refractivity contribution in [3.8, 4) is 5.69 Å². The lowest BCUT2D eigenvalue weighted by Crippen LogP contribution is -2.03. The van der Waals surface area contributed by atoms with Gasteiger partial charge in [0.15, 0.2) is 5.69 Å². The molecule has 0 aliphatic rings. The molecule has 4 heteroatoms. The smallest absolute Gasteiger partial charge is 0.356 e. The van der Waals surface area contributed by atoms with Crippen LogP contribution in [0.4, 0.5) is 0 Å². The number of carboxylic acids is 1. The van der Waals surface area contributed by atoms with Crippen LogP contribution < -0.4 is 0 Å². The number of carbonyl (C=O) groups is 1. The zero-order chi connectivity index (χ0) is 12.4. The molecule has 0 spiro atoms. The summed E-state index contributed by atoms with van der Waals surface area (Å²) >= 11 is 0. The van der Waals surface area contributed by atoms with Crippen LogP contribution in [0.2, 0.25) is 0 Å². The van der Waals surface area contributed by atoms with Crippen molar-refractivity contribution in [1.82, 2.24) is 9.78 Å². The first-order valence-electron chi connectivity index (χ1n) is 5.51. The Hall–Kier alpha value is -2.10. The van der Waals surface area contributed by atoms with E-state index in [4.69, 9.17) is 5.11 Å². The highest BCUT2D eigenvalue weighted by atomic mass is 16.4. The largest absolute Gasteiger partial charge is 0.476 e. The zero-order valence-electron chi connectivity index (χ0n) is 9.84. The molecule has 1 aromatic carbocycles. The Morgan fingerprint density at radius 1 is 1.35 bits per heavy atom. The maximum atomic E-state index is 10.9. The highest BCUT2D eigenvalue weighted by molar-refractivity contribution is 5.85. The fraction of sp³-hybridized carbons (Fsp3) is 0.231. The summed E-state index contributed by atoms with van der Waals surface area (Å²) in [6.07, 6.45) is 0.744.